The summed E-state index contributed by atoms with van der Waals surface area (Å²) < 4.78 is 27.7. The van der Waals surface area contributed by atoms with Gasteiger partial charge in [-0.15, -0.1) is 10.2 Å². The third-order valence-corrected chi connectivity index (χ3v) is 7.12. The van der Waals surface area contributed by atoms with Gasteiger partial charge in [0.1, 0.15) is 5.01 Å². The number of aromatic nitrogens is 4. The summed E-state index contributed by atoms with van der Waals surface area (Å²) in [4.78, 5) is 0.760. The van der Waals surface area contributed by atoms with Gasteiger partial charge in [-0.25, -0.2) is 12.7 Å². The number of hydrogen-bond acceptors (Lipinski definition) is 6. The summed E-state index contributed by atoms with van der Waals surface area (Å²) in [6.45, 7) is 1.03. The fraction of sp³-hybridized carbons (Fsp3) is 0.400. The van der Waals surface area contributed by atoms with Gasteiger partial charge in [0.25, 0.3) is 0 Å². The number of halogens is 1. The molecule has 0 radical (unpaired) electrons. The highest BCUT2D eigenvalue weighted by Gasteiger charge is 2.29. The van der Waals surface area contributed by atoms with Crippen LogP contribution in [-0.4, -0.2) is 51.9 Å². The summed E-state index contributed by atoms with van der Waals surface area (Å²) in [7, 11) is -3.12. The minimum atomic E-state index is -3.12. The second-order valence-electron chi connectivity index (χ2n) is 6.11. The highest BCUT2D eigenvalue weighted by molar-refractivity contribution is 9.10. The van der Waals surface area contributed by atoms with Crippen molar-refractivity contribution >= 4 is 42.3 Å². The standard InChI is InChI=1S/C15H16BrN5O2S2/c1-25(22,23)20-7-5-10(6-8-20)13-17-18-15-21(13)19-14(24-15)11-3-2-4-12(16)9-11/h2-4,9-10H,5-8H2,1H3. The molecule has 2 aromatic heterocycles. The molecule has 0 bridgehead atoms. The van der Waals surface area contributed by atoms with Crippen LogP contribution in [0.4, 0.5) is 0 Å². The Kier molecular flexibility index (Phi) is 4.38. The largest absolute Gasteiger partial charge is 0.234 e. The van der Waals surface area contributed by atoms with Crippen LogP contribution in [0.25, 0.3) is 15.5 Å². The summed E-state index contributed by atoms with van der Waals surface area (Å²) in [5.74, 6) is 0.992. The van der Waals surface area contributed by atoms with E-state index < -0.39 is 10.0 Å². The van der Waals surface area contributed by atoms with E-state index in [-0.39, 0.29) is 5.92 Å². The van der Waals surface area contributed by atoms with E-state index in [0.717, 1.165) is 38.7 Å². The zero-order valence-electron chi connectivity index (χ0n) is 13.5. The molecule has 1 aliphatic heterocycles. The summed E-state index contributed by atoms with van der Waals surface area (Å²) in [5.41, 5.74) is 1.03. The average Bonchev–Trinajstić information content (AvgIpc) is 3.14. The van der Waals surface area contributed by atoms with E-state index in [1.54, 1.807) is 0 Å². The number of fused-ring (bicyclic) bond motifs is 1. The van der Waals surface area contributed by atoms with Gasteiger partial charge in [-0.2, -0.15) is 9.61 Å². The summed E-state index contributed by atoms with van der Waals surface area (Å²) in [5, 5.41) is 14.1. The minimum Gasteiger partial charge on any atom is -0.213 e. The number of piperidine rings is 1. The first-order chi connectivity index (χ1) is 11.9. The summed E-state index contributed by atoms with van der Waals surface area (Å²) >= 11 is 4.98. The quantitative estimate of drug-likeness (QED) is 0.623. The van der Waals surface area contributed by atoms with Crippen molar-refractivity contribution in [3.8, 4) is 10.6 Å². The molecule has 4 rings (SSSR count). The van der Waals surface area contributed by atoms with Crippen molar-refractivity contribution in [2.45, 2.75) is 18.8 Å². The van der Waals surface area contributed by atoms with Gasteiger partial charge >= 0.3 is 0 Å². The lowest BCUT2D eigenvalue weighted by atomic mass is 9.97. The number of sulfonamides is 1. The SMILES string of the molecule is CS(=O)(=O)N1CCC(c2nnc3sc(-c4cccc(Br)c4)nn23)CC1. The van der Waals surface area contributed by atoms with Crippen molar-refractivity contribution in [3.05, 3.63) is 34.6 Å². The predicted octanol–water partition coefficient (Wildman–Crippen LogP) is 2.75. The Balaban J connectivity index is 1.62. The van der Waals surface area contributed by atoms with Gasteiger partial charge in [0, 0.05) is 29.0 Å². The Morgan fingerprint density at radius 2 is 2.00 bits per heavy atom. The van der Waals surface area contributed by atoms with Gasteiger partial charge in [-0.1, -0.05) is 39.4 Å². The van der Waals surface area contributed by atoms with E-state index in [2.05, 4.69) is 31.2 Å². The maximum atomic E-state index is 11.7. The van der Waals surface area contributed by atoms with Gasteiger partial charge < -0.3 is 0 Å². The fourth-order valence-electron chi connectivity index (χ4n) is 3.07. The normalized spacial score (nSPS) is 17.4. The fourth-order valence-corrected chi connectivity index (χ4v) is 5.19. The molecule has 25 heavy (non-hydrogen) atoms. The molecule has 1 saturated heterocycles. The average molecular weight is 442 g/mol. The topological polar surface area (TPSA) is 80.5 Å². The van der Waals surface area contributed by atoms with E-state index in [1.807, 2.05) is 28.8 Å². The molecule has 0 saturated carbocycles. The molecule has 132 valence electrons. The zero-order valence-corrected chi connectivity index (χ0v) is 16.7. The second-order valence-corrected chi connectivity index (χ2v) is 9.96. The summed E-state index contributed by atoms with van der Waals surface area (Å²) in [6.07, 6.45) is 2.72. The molecule has 0 N–H and O–H groups in total. The predicted molar refractivity (Wildman–Crippen MR) is 100 cm³/mol. The van der Waals surface area contributed by atoms with Crippen LogP contribution in [0.2, 0.25) is 0 Å². The first kappa shape index (κ1) is 17.1. The summed E-state index contributed by atoms with van der Waals surface area (Å²) in [6, 6.07) is 7.99. The Hall–Kier alpha value is -1.36. The van der Waals surface area contributed by atoms with Gasteiger partial charge in [0.05, 0.1) is 6.26 Å². The van der Waals surface area contributed by atoms with Crippen LogP contribution in [0.3, 0.4) is 0 Å². The van der Waals surface area contributed by atoms with Crippen LogP contribution < -0.4 is 0 Å². The van der Waals surface area contributed by atoms with Crippen LogP contribution in [0, 0.1) is 0 Å². The highest BCUT2D eigenvalue weighted by atomic mass is 79.9. The molecule has 1 aliphatic rings. The van der Waals surface area contributed by atoms with Gasteiger partial charge in [0.2, 0.25) is 15.0 Å². The molecule has 7 nitrogen and oxygen atoms in total. The van der Waals surface area contributed by atoms with E-state index in [0.29, 0.717) is 13.1 Å². The van der Waals surface area contributed by atoms with Crippen molar-refractivity contribution in [2.24, 2.45) is 0 Å². The highest BCUT2D eigenvalue weighted by Crippen LogP contribution is 2.32. The Morgan fingerprint density at radius 1 is 1.24 bits per heavy atom. The molecule has 0 aliphatic carbocycles. The molecule has 1 aromatic carbocycles. The third kappa shape index (κ3) is 3.35. The molecular formula is C15H16BrN5O2S2. The van der Waals surface area contributed by atoms with Crippen molar-refractivity contribution in [1.82, 2.24) is 24.1 Å². The third-order valence-electron chi connectivity index (χ3n) is 4.37. The van der Waals surface area contributed by atoms with Crippen molar-refractivity contribution < 1.29 is 8.42 Å². The van der Waals surface area contributed by atoms with Crippen molar-refractivity contribution in [1.29, 1.82) is 0 Å². The molecule has 0 spiro atoms. The molecule has 10 heteroatoms. The van der Waals surface area contributed by atoms with Crippen LogP contribution >= 0.6 is 27.3 Å². The molecule has 3 aromatic rings. The number of rotatable bonds is 3. The first-order valence-corrected chi connectivity index (χ1v) is 11.3. The zero-order chi connectivity index (χ0) is 17.6. The van der Waals surface area contributed by atoms with Crippen LogP contribution in [0.5, 0.6) is 0 Å². The van der Waals surface area contributed by atoms with Gasteiger partial charge in [0.15, 0.2) is 5.82 Å². The van der Waals surface area contributed by atoms with Crippen LogP contribution in [-0.2, 0) is 10.0 Å². The van der Waals surface area contributed by atoms with E-state index in [1.165, 1.54) is 21.9 Å². The molecule has 0 amide bonds. The van der Waals surface area contributed by atoms with Gasteiger partial charge in [-0.05, 0) is 25.0 Å². The van der Waals surface area contributed by atoms with E-state index in [4.69, 9.17) is 0 Å². The van der Waals surface area contributed by atoms with E-state index in [9.17, 15) is 8.42 Å². The lowest BCUT2D eigenvalue weighted by molar-refractivity contribution is 0.313. The molecule has 0 unspecified atom stereocenters. The number of nitrogens with zero attached hydrogens (tertiary/aromatic N) is 5. The number of benzene rings is 1. The van der Waals surface area contributed by atoms with Crippen LogP contribution in [0.1, 0.15) is 24.6 Å². The molecule has 0 atom stereocenters. The maximum Gasteiger partial charge on any atom is 0.234 e. The Labute approximate surface area is 157 Å². The smallest absolute Gasteiger partial charge is 0.213 e. The van der Waals surface area contributed by atoms with Gasteiger partial charge in [-0.3, -0.25) is 0 Å². The number of hydrogen-bond donors (Lipinski definition) is 0. The maximum absolute atomic E-state index is 11.7. The second kappa shape index (κ2) is 6.42. The van der Waals surface area contributed by atoms with Crippen molar-refractivity contribution in [3.63, 3.8) is 0 Å². The molecular weight excluding hydrogens is 426 g/mol. The first-order valence-electron chi connectivity index (χ1n) is 7.85. The lowest BCUT2D eigenvalue weighted by Crippen LogP contribution is -2.37. The van der Waals surface area contributed by atoms with Crippen molar-refractivity contribution in [2.75, 3.05) is 19.3 Å². The molecule has 1 fully saturated rings. The van der Waals surface area contributed by atoms with E-state index >= 15 is 0 Å². The minimum absolute atomic E-state index is 0.172. The molecule has 3 heterocycles. The Bertz CT molecular complexity index is 1020. The monoisotopic (exact) mass is 441 g/mol. The lowest BCUT2D eigenvalue weighted by Gasteiger charge is -2.28. The van der Waals surface area contributed by atoms with Crippen LogP contribution in [0.15, 0.2) is 28.7 Å². The Morgan fingerprint density at radius 3 is 2.68 bits per heavy atom.